The Kier molecular flexibility index (Phi) is 2.33. The normalized spacial score (nSPS) is 14.6. The molecule has 1 aromatic carbocycles. The van der Waals surface area contributed by atoms with Gasteiger partial charge in [0.2, 0.25) is 5.91 Å². The molecule has 14 heavy (non-hydrogen) atoms. The first kappa shape index (κ1) is 9.34. The van der Waals surface area contributed by atoms with Crippen LogP contribution in [0, 0.1) is 0 Å². The highest BCUT2D eigenvalue weighted by atomic mass is 35.5. The summed E-state index contributed by atoms with van der Waals surface area (Å²) < 4.78 is 5.14. The number of ether oxygens (including phenoxy) is 1. The lowest BCUT2D eigenvalue weighted by molar-refractivity contribution is -0.116. The number of nitrogens with one attached hydrogen (secondary N) is 1. The number of rotatable bonds is 1. The third-order valence-corrected chi connectivity index (χ3v) is 2.66. The van der Waals surface area contributed by atoms with E-state index in [1.165, 1.54) is 0 Å². The van der Waals surface area contributed by atoms with Gasteiger partial charge in [-0.1, -0.05) is 11.6 Å². The number of carbonyl (C=O) groups excluding carboxylic acids is 1. The Morgan fingerprint density at radius 1 is 1.43 bits per heavy atom. The molecule has 1 amide bonds. The van der Waals surface area contributed by atoms with Gasteiger partial charge in [0.05, 0.1) is 12.8 Å². The molecule has 0 radical (unpaired) electrons. The zero-order valence-electron chi connectivity index (χ0n) is 7.76. The van der Waals surface area contributed by atoms with Crippen LogP contribution in [0.2, 0.25) is 5.02 Å². The minimum Gasteiger partial charge on any atom is -0.495 e. The summed E-state index contributed by atoms with van der Waals surface area (Å²) in [6.07, 6.45) is 1.16. The second-order valence-electron chi connectivity index (χ2n) is 3.15. The molecule has 1 aliphatic rings. The van der Waals surface area contributed by atoms with E-state index in [1.807, 2.05) is 0 Å². The van der Waals surface area contributed by atoms with E-state index in [-0.39, 0.29) is 5.91 Å². The molecule has 0 unspecified atom stereocenters. The summed E-state index contributed by atoms with van der Waals surface area (Å²) in [5.74, 6) is 0.676. The first-order chi connectivity index (χ1) is 6.72. The Morgan fingerprint density at radius 2 is 2.21 bits per heavy atom. The number of hydrogen-bond acceptors (Lipinski definition) is 2. The van der Waals surface area contributed by atoms with Gasteiger partial charge in [-0.25, -0.2) is 0 Å². The van der Waals surface area contributed by atoms with Crippen LogP contribution < -0.4 is 10.1 Å². The Bertz CT molecular complexity index is 390. The van der Waals surface area contributed by atoms with Gasteiger partial charge in [0.25, 0.3) is 0 Å². The van der Waals surface area contributed by atoms with Crippen molar-refractivity contribution in [2.24, 2.45) is 0 Å². The highest BCUT2D eigenvalue weighted by Crippen LogP contribution is 2.36. The highest BCUT2D eigenvalue weighted by molar-refractivity contribution is 6.32. The number of anilines is 1. The molecule has 0 saturated heterocycles. The Morgan fingerprint density at radius 3 is 2.93 bits per heavy atom. The molecule has 1 aromatic rings. The van der Waals surface area contributed by atoms with E-state index in [1.54, 1.807) is 19.2 Å². The van der Waals surface area contributed by atoms with E-state index in [9.17, 15) is 4.79 Å². The van der Waals surface area contributed by atoms with Gasteiger partial charge in [0, 0.05) is 11.4 Å². The number of methoxy groups -OCH3 is 1. The van der Waals surface area contributed by atoms with Gasteiger partial charge >= 0.3 is 0 Å². The number of benzene rings is 1. The molecule has 1 aliphatic heterocycles. The largest absolute Gasteiger partial charge is 0.495 e. The lowest BCUT2D eigenvalue weighted by Gasteiger charge is -2.20. The molecule has 0 bridgehead atoms. The van der Waals surface area contributed by atoms with Crippen LogP contribution in [0.4, 0.5) is 5.69 Å². The monoisotopic (exact) mass is 211 g/mol. The fourth-order valence-corrected chi connectivity index (χ4v) is 1.84. The standard InChI is InChI=1S/C10H10ClNO2/c1-14-8-4-3-7(11)6-2-5-9(13)12-10(6)8/h3-4H,2,5H2,1H3,(H,12,13). The molecule has 0 atom stereocenters. The fourth-order valence-electron chi connectivity index (χ4n) is 1.59. The summed E-state index contributed by atoms with van der Waals surface area (Å²) in [5.41, 5.74) is 1.68. The van der Waals surface area contributed by atoms with Gasteiger partial charge in [-0.05, 0) is 24.1 Å². The third kappa shape index (κ3) is 1.44. The Labute approximate surface area is 87.0 Å². The zero-order valence-corrected chi connectivity index (χ0v) is 8.52. The topological polar surface area (TPSA) is 38.3 Å². The van der Waals surface area contributed by atoms with Crippen molar-refractivity contribution < 1.29 is 9.53 Å². The molecule has 0 spiro atoms. The third-order valence-electron chi connectivity index (χ3n) is 2.30. The maximum atomic E-state index is 11.2. The molecule has 74 valence electrons. The number of carbonyl (C=O) groups is 1. The van der Waals surface area contributed by atoms with Crippen LogP contribution in [0.15, 0.2) is 12.1 Å². The van der Waals surface area contributed by atoms with Gasteiger partial charge in [-0.2, -0.15) is 0 Å². The van der Waals surface area contributed by atoms with Crippen LogP contribution in [-0.4, -0.2) is 13.0 Å². The summed E-state index contributed by atoms with van der Waals surface area (Å²) in [6.45, 7) is 0. The van der Waals surface area contributed by atoms with Gasteiger partial charge < -0.3 is 10.1 Å². The lowest BCUT2D eigenvalue weighted by atomic mass is 10.0. The molecule has 0 aromatic heterocycles. The smallest absolute Gasteiger partial charge is 0.224 e. The second kappa shape index (κ2) is 3.50. The second-order valence-corrected chi connectivity index (χ2v) is 3.56. The highest BCUT2D eigenvalue weighted by Gasteiger charge is 2.20. The van der Waals surface area contributed by atoms with Gasteiger partial charge in [-0.3, -0.25) is 4.79 Å². The predicted octanol–water partition coefficient (Wildman–Crippen LogP) is 2.23. The van der Waals surface area contributed by atoms with Crippen LogP contribution in [0.25, 0.3) is 0 Å². The van der Waals surface area contributed by atoms with Crippen molar-refractivity contribution >= 4 is 23.2 Å². The average molecular weight is 212 g/mol. The van der Waals surface area contributed by atoms with E-state index >= 15 is 0 Å². The van der Waals surface area contributed by atoms with Crippen molar-refractivity contribution in [1.82, 2.24) is 0 Å². The predicted molar refractivity (Wildman–Crippen MR) is 55.0 cm³/mol. The van der Waals surface area contributed by atoms with E-state index in [0.29, 0.717) is 23.6 Å². The Hall–Kier alpha value is -1.22. The van der Waals surface area contributed by atoms with Crippen molar-refractivity contribution in [3.05, 3.63) is 22.7 Å². The minimum atomic E-state index is 0.0121. The van der Waals surface area contributed by atoms with Crippen LogP contribution in [0.5, 0.6) is 5.75 Å². The van der Waals surface area contributed by atoms with Crippen molar-refractivity contribution in [3.8, 4) is 5.75 Å². The SMILES string of the molecule is COc1ccc(Cl)c2c1NC(=O)CC2. The summed E-state index contributed by atoms with van der Waals surface area (Å²) >= 11 is 6.01. The summed E-state index contributed by atoms with van der Waals surface area (Å²) in [5, 5.41) is 3.45. The molecule has 0 fully saturated rings. The van der Waals surface area contributed by atoms with E-state index < -0.39 is 0 Å². The molecule has 1 N–H and O–H groups in total. The molecule has 0 saturated carbocycles. The van der Waals surface area contributed by atoms with Crippen LogP contribution in [0.3, 0.4) is 0 Å². The number of halogens is 1. The van der Waals surface area contributed by atoms with Crippen LogP contribution >= 0.6 is 11.6 Å². The van der Waals surface area contributed by atoms with Gasteiger partial charge in [-0.15, -0.1) is 0 Å². The quantitative estimate of drug-likeness (QED) is 0.774. The van der Waals surface area contributed by atoms with Gasteiger partial charge in [0.1, 0.15) is 5.75 Å². The molecule has 4 heteroatoms. The average Bonchev–Trinajstić information content (AvgIpc) is 2.18. The molecule has 3 nitrogen and oxygen atoms in total. The zero-order chi connectivity index (χ0) is 10.1. The number of fused-ring (bicyclic) bond motifs is 1. The van der Waals surface area contributed by atoms with Crippen LogP contribution in [0.1, 0.15) is 12.0 Å². The number of amides is 1. The summed E-state index contributed by atoms with van der Waals surface area (Å²) in [4.78, 5) is 11.2. The van der Waals surface area contributed by atoms with E-state index in [4.69, 9.17) is 16.3 Å². The molecular weight excluding hydrogens is 202 g/mol. The first-order valence-electron chi connectivity index (χ1n) is 4.37. The van der Waals surface area contributed by atoms with E-state index in [2.05, 4.69) is 5.32 Å². The van der Waals surface area contributed by atoms with Gasteiger partial charge in [0.15, 0.2) is 0 Å². The van der Waals surface area contributed by atoms with E-state index in [0.717, 1.165) is 11.3 Å². The lowest BCUT2D eigenvalue weighted by Crippen LogP contribution is -2.19. The maximum absolute atomic E-state index is 11.2. The van der Waals surface area contributed by atoms with Crippen LogP contribution in [-0.2, 0) is 11.2 Å². The Balaban J connectivity index is 2.54. The molecule has 0 aliphatic carbocycles. The fraction of sp³-hybridized carbons (Fsp3) is 0.300. The summed E-state index contributed by atoms with van der Waals surface area (Å²) in [6, 6.07) is 3.55. The van der Waals surface area contributed by atoms with Crippen molar-refractivity contribution in [1.29, 1.82) is 0 Å². The van der Waals surface area contributed by atoms with Crippen molar-refractivity contribution in [2.45, 2.75) is 12.8 Å². The number of hydrogen-bond donors (Lipinski definition) is 1. The first-order valence-corrected chi connectivity index (χ1v) is 4.75. The molecule has 2 rings (SSSR count). The molecule has 1 heterocycles. The van der Waals surface area contributed by atoms with Crippen molar-refractivity contribution in [2.75, 3.05) is 12.4 Å². The summed E-state index contributed by atoms with van der Waals surface area (Å²) in [7, 11) is 1.57. The minimum absolute atomic E-state index is 0.0121. The maximum Gasteiger partial charge on any atom is 0.224 e. The molecular formula is C10H10ClNO2. The van der Waals surface area contributed by atoms with Crippen molar-refractivity contribution in [3.63, 3.8) is 0 Å².